The first-order chi connectivity index (χ1) is 18.5. The number of carboxylic acid groups (broad SMARTS) is 1. The number of hydrogen-bond donors (Lipinski definition) is 2. The Bertz CT molecular complexity index is 1540. The van der Waals surface area contributed by atoms with Crippen LogP contribution >= 0.6 is 0 Å². The summed E-state index contributed by atoms with van der Waals surface area (Å²) in [5.41, 5.74) is 6.35. The molecule has 0 aliphatic heterocycles. The third kappa shape index (κ3) is 4.88. The molecule has 2 aliphatic carbocycles. The average Bonchev–Trinajstić information content (AvgIpc) is 3.72. The number of rotatable bonds is 7. The number of carbonyl (C=O) groups excluding carboxylic acids is 1. The topological polar surface area (TPSA) is 92.2 Å². The van der Waals surface area contributed by atoms with Gasteiger partial charge in [0.05, 0.1) is 34.4 Å². The number of fused-ring (bicyclic) bond motifs is 2. The molecule has 6 rings (SSSR count). The Morgan fingerprint density at radius 1 is 1.00 bits per heavy atom. The molecular formula is C31H28FN3O3. The zero-order valence-corrected chi connectivity index (χ0v) is 20.9. The molecule has 4 aromatic rings. The number of benzene rings is 3. The van der Waals surface area contributed by atoms with Crippen molar-refractivity contribution in [3.05, 3.63) is 94.9 Å². The van der Waals surface area contributed by atoms with Crippen LogP contribution in [0.3, 0.4) is 0 Å². The summed E-state index contributed by atoms with van der Waals surface area (Å²) in [6.45, 7) is 0. The lowest BCUT2D eigenvalue weighted by atomic mass is 9.87. The van der Waals surface area contributed by atoms with Crippen LogP contribution in [0.1, 0.15) is 58.9 Å². The van der Waals surface area contributed by atoms with Crippen LogP contribution in [0.4, 0.5) is 4.39 Å². The van der Waals surface area contributed by atoms with Crippen LogP contribution in [0.5, 0.6) is 0 Å². The number of aliphatic carboxylic acids is 1. The molecule has 0 spiro atoms. The van der Waals surface area contributed by atoms with Gasteiger partial charge in [0.1, 0.15) is 5.82 Å². The number of hydrogen-bond acceptors (Lipinski definition) is 4. The summed E-state index contributed by atoms with van der Waals surface area (Å²) in [6, 6.07) is 19.7. The lowest BCUT2D eigenvalue weighted by molar-refractivity contribution is -0.138. The second kappa shape index (κ2) is 9.97. The highest BCUT2D eigenvalue weighted by atomic mass is 19.1. The smallest absolute Gasteiger partial charge is 0.306 e. The van der Waals surface area contributed by atoms with Crippen LogP contribution in [0.15, 0.2) is 66.7 Å². The van der Waals surface area contributed by atoms with Gasteiger partial charge in [0, 0.05) is 11.1 Å². The number of aromatic nitrogens is 2. The van der Waals surface area contributed by atoms with Crippen LogP contribution in [-0.4, -0.2) is 27.0 Å². The van der Waals surface area contributed by atoms with Gasteiger partial charge in [-0.05, 0) is 98.0 Å². The van der Waals surface area contributed by atoms with E-state index in [9.17, 15) is 19.1 Å². The van der Waals surface area contributed by atoms with E-state index in [1.54, 1.807) is 30.3 Å². The van der Waals surface area contributed by atoms with Crippen molar-refractivity contribution in [1.82, 2.24) is 15.3 Å². The number of amides is 1. The van der Waals surface area contributed by atoms with E-state index < -0.39 is 5.97 Å². The summed E-state index contributed by atoms with van der Waals surface area (Å²) in [5, 5.41) is 12.5. The summed E-state index contributed by atoms with van der Waals surface area (Å²) in [5.74, 6) is -1.40. The van der Waals surface area contributed by atoms with Crippen molar-refractivity contribution in [2.75, 3.05) is 0 Å². The number of nitrogens with zero attached hydrogens (tertiary/aromatic N) is 2. The quantitative estimate of drug-likeness (QED) is 0.324. The van der Waals surface area contributed by atoms with Crippen molar-refractivity contribution in [3.8, 4) is 11.3 Å². The number of carbonyl (C=O) groups is 2. The standard InChI is InChI=1S/C31H28FN3O3/c32-22-12-8-19(9-13-22)29-27(15-10-20-16-24(20)31(37)38)33-28-17-21(11-14-26(28)34-29)30(36)35-25-7-3-5-18-4-1-2-6-23(18)25/h1-2,4,6,8-9,11-14,17,20,24-25H,3,5,7,10,15-16H2,(H,35,36)(H,37,38)/t20?,24?,25-/m1/s1. The van der Waals surface area contributed by atoms with Crippen molar-refractivity contribution < 1.29 is 19.1 Å². The monoisotopic (exact) mass is 509 g/mol. The normalized spacial score (nSPS) is 20.1. The summed E-state index contributed by atoms with van der Waals surface area (Å²) in [4.78, 5) is 34.3. The summed E-state index contributed by atoms with van der Waals surface area (Å²) in [6.07, 6.45) is 4.88. The van der Waals surface area contributed by atoms with Crippen molar-refractivity contribution in [2.45, 2.75) is 44.6 Å². The zero-order valence-electron chi connectivity index (χ0n) is 20.9. The van der Waals surface area contributed by atoms with Gasteiger partial charge in [-0.25, -0.2) is 14.4 Å². The fourth-order valence-electron chi connectivity index (χ4n) is 5.58. The molecular weight excluding hydrogens is 481 g/mol. The average molecular weight is 510 g/mol. The maximum absolute atomic E-state index is 13.6. The fraction of sp³-hybridized carbons (Fsp3) is 0.290. The molecule has 2 unspecified atom stereocenters. The third-order valence-electron chi connectivity index (χ3n) is 7.78. The Morgan fingerprint density at radius 3 is 2.61 bits per heavy atom. The SMILES string of the molecule is O=C(N[C@@H]1CCCc2ccccc21)c1ccc2nc(-c3ccc(F)cc3)c(CCC3CC3C(=O)O)nc2c1. The molecule has 1 amide bonds. The van der Waals surface area contributed by atoms with Gasteiger partial charge in [0.15, 0.2) is 0 Å². The van der Waals surface area contributed by atoms with E-state index in [-0.39, 0.29) is 29.6 Å². The maximum Gasteiger partial charge on any atom is 0.306 e. The molecule has 1 heterocycles. The Hall–Kier alpha value is -4.13. The van der Waals surface area contributed by atoms with Crippen LogP contribution < -0.4 is 5.32 Å². The molecule has 1 saturated carbocycles. The number of halogens is 1. The minimum absolute atomic E-state index is 0.0219. The van der Waals surface area contributed by atoms with Gasteiger partial charge in [-0.1, -0.05) is 24.3 Å². The van der Waals surface area contributed by atoms with Gasteiger partial charge in [-0.3, -0.25) is 9.59 Å². The van der Waals surface area contributed by atoms with E-state index in [0.717, 1.165) is 30.5 Å². The van der Waals surface area contributed by atoms with E-state index in [2.05, 4.69) is 17.4 Å². The first-order valence-corrected chi connectivity index (χ1v) is 13.1. The number of aryl methyl sites for hydroxylation is 2. The summed E-state index contributed by atoms with van der Waals surface area (Å²) < 4.78 is 13.6. The number of carboxylic acids is 1. The molecule has 1 aromatic heterocycles. The van der Waals surface area contributed by atoms with E-state index >= 15 is 0 Å². The summed E-state index contributed by atoms with van der Waals surface area (Å²) >= 11 is 0. The second-order valence-electron chi connectivity index (χ2n) is 10.3. The lowest BCUT2D eigenvalue weighted by Crippen LogP contribution is -2.31. The number of nitrogens with one attached hydrogen (secondary N) is 1. The third-order valence-corrected chi connectivity index (χ3v) is 7.78. The Morgan fingerprint density at radius 2 is 1.82 bits per heavy atom. The van der Waals surface area contributed by atoms with Gasteiger partial charge >= 0.3 is 5.97 Å². The highest BCUT2D eigenvalue weighted by Gasteiger charge is 2.42. The molecule has 0 radical (unpaired) electrons. The Balaban J connectivity index is 1.29. The van der Waals surface area contributed by atoms with Gasteiger partial charge < -0.3 is 10.4 Å². The highest BCUT2D eigenvalue weighted by molar-refractivity contribution is 5.97. The molecule has 3 atom stereocenters. The van der Waals surface area contributed by atoms with Crippen LogP contribution in [0, 0.1) is 17.7 Å². The van der Waals surface area contributed by atoms with Gasteiger partial charge in [-0.2, -0.15) is 0 Å². The first-order valence-electron chi connectivity index (χ1n) is 13.1. The minimum atomic E-state index is -0.755. The molecule has 192 valence electrons. The van der Waals surface area contributed by atoms with Crippen molar-refractivity contribution in [2.24, 2.45) is 11.8 Å². The zero-order chi connectivity index (χ0) is 26.2. The highest BCUT2D eigenvalue weighted by Crippen LogP contribution is 2.42. The molecule has 6 nitrogen and oxygen atoms in total. The Labute approximate surface area is 220 Å². The van der Waals surface area contributed by atoms with E-state index in [1.807, 2.05) is 12.1 Å². The van der Waals surface area contributed by atoms with Crippen LogP contribution in [0.25, 0.3) is 22.3 Å². The second-order valence-corrected chi connectivity index (χ2v) is 10.3. The van der Waals surface area contributed by atoms with E-state index in [4.69, 9.17) is 9.97 Å². The lowest BCUT2D eigenvalue weighted by Gasteiger charge is -2.26. The molecule has 2 N–H and O–H groups in total. The molecule has 3 aromatic carbocycles. The molecule has 0 saturated heterocycles. The minimum Gasteiger partial charge on any atom is -0.481 e. The fourth-order valence-corrected chi connectivity index (χ4v) is 5.58. The van der Waals surface area contributed by atoms with Gasteiger partial charge in [0.25, 0.3) is 5.91 Å². The van der Waals surface area contributed by atoms with Crippen molar-refractivity contribution in [3.63, 3.8) is 0 Å². The molecule has 2 aliphatic rings. The first kappa shape index (κ1) is 24.2. The Kier molecular flexibility index (Phi) is 6.35. The van der Waals surface area contributed by atoms with Crippen LogP contribution in [-0.2, 0) is 17.6 Å². The predicted octanol–water partition coefficient (Wildman–Crippen LogP) is 5.90. The van der Waals surface area contributed by atoms with E-state index in [1.165, 1.54) is 23.3 Å². The maximum atomic E-state index is 13.6. The van der Waals surface area contributed by atoms with Gasteiger partial charge in [0.2, 0.25) is 0 Å². The van der Waals surface area contributed by atoms with Crippen molar-refractivity contribution in [1.29, 1.82) is 0 Å². The van der Waals surface area contributed by atoms with Crippen LogP contribution in [0.2, 0.25) is 0 Å². The van der Waals surface area contributed by atoms with Crippen molar-refractivity contribution >= 4 is 22.9 Å². The molecule has 0 bridgehead atoms. The predicted molar refractivity (Wildman–Crippen MR) is 142 cm³/mol. The van der Waals surface area contributed by atoms with E-state index in [0.29, 0.717) is 41.6 Å². The van der Waals surface area contributed by atoms with Gasteiger partial charge in [-0.15, -0.1) is 0 Å². The largest absolute Gasteiger partial charge is 0.481 e. The molecule has 38 heavy (non-hydrogen) atoms. The molecule has 1 fully saturated rings. The molecule has 7 heteroatoms. The summed E-state index contributed by atoms with van der Waals surface area (Å²) in [7, 11) is 0.